The standard InChI is InChI=1S/C9H15NO4/c11-8(5-9(12)13)10-3-4-14-6-7-1-2-7/h7H,1-6H2,(H,10,11)(H,12,13). The molecule has 0 atom stereocenters. The summed E-state index contributed by atoms with van der Waals surface area (Å²) in [6.45, 7) is 1.61. The van der Waals surface area contributed by atoms with Crippen molar-refractivity contribution in [2.24, 2.45) is 5.92 Å². The predicted molar refractivity (Wildman–Crippen MR) is 48.8 cm³/mol. The number of carboxylic acid groups (broad SMARTS) is 1. The molecule has 0 saturated heterocycles. The Balaban J connectivity index is 1.86. The van der Waals surface area contributed by atoms with Crippen LogP contribution >= 0.6 is 0 Å². The zero-order valence-corrected chi connectivity index (χ0v) is 7.99. The highest BCUT2D eigenvalue weighted by Gasteiger charge is 2.20. The van der Waals surface area contributed by atoms with E-state index in [1.54, 1.807) is 0 Å². The van der Waals surface area contributed by atoms with Gasteiger partial charge in [-0.3, -0.25) is 9.59 Å². The van der Waals surface area contributed by atoms with Gasteiger partial charge in [-0.1, -0.05) is 0 Å². The zero-order chi connectivity index (χ0) is 10.4. The molecule has 5 nitrogen and oxygen atoms in total. The Kier molecular flexibility index (Phi) is 4.39. The molecule has 0 aliphatic heterocycles. The van der Waals surface area contributed by atoms with E-state index in [-0.39, 0.29) is 0 Å². The number of hydrogen-bond acceptors (Lipinski definition) is 3. The van der Waals surface area contributed by atoms with E-state index in [4.69, 9.17) is 9.84 Å². The molecule has 0 bridgehead atoms. The predicted octanol–water partition coefficient (Wildman–Crippen LogP) is 0.00390. The summed E-state index contributed by atoms with van der Waals surface area (Å²) in [6.07, 6.45) is 2.01. The SMILES string of the molecule is O=C(O)CC(=O)NCCOCC1CC1. The van der Waals surface area contributed by atoms with E-state index in [2.05, 4.69) is 5.32 Å². The van der Waals surface area contributed by atoms with Crippen molar-refractivity contribution in [1.29, 1.82) is 0 Å². The average molecular weight is 201 g/mol. The van der Waals surface area contributed by atoms with Crippen molar-refractivity contribution in [2.75, 3.05) is 19.8 Å². The highest BCUT2D eigenvalue weighted by Crippen LogP contribution is 2.28. The van der Waals surface area contributed by atoms with Gasteiger partial charge in [-0.2, -0.15) is 0 Å². The van der Waals surface area contributed by atoms with Crippen molar-refractivity contribution in [3.63, 3.8) is 0 Å². The lowest BCUT2D eigenvalue weighted by Gasteiger charge is -2.04. The van der Waals surface area contributed by atoms with E-state index in [0.29, 0.717) is 19.1 Å². The molecular weight excluding hydrogens is 186 g/mol. The maximum Gasteiger partial charge on any atom is 0.312 e. The van der Waals surface area contributed by atoms with E-state index < -0.39 is 18.3 Å². The van der Waals surface area contributed by atoms with Crippen LogP contribution in [0.2, 0.25) is 0 Å². The van der Waals surface area contributed by atoms with Gasteiger partial charge in [0, 0.05) is 13.2 Å². The first kappa shape index (κ1) is 11.0. The van der Waals surface area contributed by atoms with Crippen molar-refractivity contribution in [3.05, 3.63) is 0 Å². The fourth-order valence-electron chi connectivity index (χ4n) is 0.997. The number of hydrogen-bond donors (Lipinski definition) is 2. The van der Waals surface area contributed by atoms with Crippen molar-refractivity contribution in [2.45, 2.75) is 19.3 Å². The van der Waals surface area contributed by atoms with Gasteiger partial charge in [0.25, 0.3) is 0 Å². The first-order valence-corrected chi connectivity index (χ1v) is 4.74. The molecule has 14 heavy (non-hydrogen) atoms. The van der Waals surface area contributed by atoms with Gasteiger partial charge in [-0.15, -0.1) is 0 Å². The number of amides is 1. The molecule has 0 radical (unpaired) electrons. The average Bonchev–Trinajstić information content (AvgIpc) is 2.86. The zero-order valence-electron chi connectivity index (χ0n) is 7.99. The van der Waals surface area contributed by atoms with Gasteiger partial charge in [0.05, 0.1) is 6.61 Å². The summed E-state index contributed by atoms with van der Waals surface area (Å²) in [5.74, 6) is -0.862. The Bertz CT molecular complexity index is 213. The van der Waals surface area contributed by atoms with Gasteiger partial charge in [0.15, 0.2) is 0 Å². The second kappa shape index (κ2) is 5.59. The molecule has 80 valence electrons. The van der Waals surface area contributed by atoms with Gasteiger partial charge in [0.1, 0.15) is 6.42 Å². The van der Waals surface area contributed by atoms with Crippen LogP contribution in [0.15, 0.2) is 0 Å². The number of carbonyl (C=O) groups is 2. The molecular formula is C9H15NO4. The van der Waals surface area contributed by atoms with E-state index in [1.165, 1.54) is 12.8 Å². The van der Waals surface area contributed by atoms with Crippen molar-refractivity contribution in [1.82, 2.24) is 5.32 Å². The highest BCUT2D eigenvalue weighted by molar-refractivity contribution is 5.93. The molecule has 5 heteroatoms. The minimum atomic E-state index is -1.11. The molecule has 1 aliphatic rings. The lowest BCUT2D eigenvalue weighted by atomic mass is 10.4. The van der Waals surface area contributed by atoms with Crippen molar-refractivity contribution >= 4 is 11.9 Å². The Labute approximate surface area is 82.4 Å². The molecule has 1 fully saturated rings. The number of ether oxygens (including phenoxy) is 1. The number of carboxylic acids is 1. The van der Waals surface area contributed by atoms with Crippen LogP contribution in [0, 0.1) is 5.92 Å². The lowest BCUT2D eigenvalue weighted by Crippen LogP contribution is -2.29. The van der Waals surface area contributed by atoms with Crippen LogP contribution in [0.3, 0.4) is 0 Å². The molecule has 0 unspecified atom stereocenters. The lowest BCUT2D eigenvalue weighted by molar-refractivity contribution is -0.140. The maximum atomic E-state index is 10.8. The van der Waals surface area contributed by atoms with Crippen LogP contribution in [0.25, 0.3) is 0 Å². The molecule has 0 heterocycles. The highest BCUT2D eigenvalue weighted by atomic mass is 16.5. The first-order chi connectivity index (χ1) is 6.68. The van der Waals surface area contributed by atoms with Crippen molar-refractivity contribution in [3.8, 4) is 0 Å². The minimum Gasteiger partial charge on any atom is -0.481 e. The molecule has 0 aromatic carbocycles. The van der Waals surface area contributed by atoms with Gasteiger partial charge in [0.2, 0.25) is 5.91 Å². The van der Waals surface area contributed by atoms with Gasteiger partial charge in [-0.05, 0) is 18.8 Å². The normalized spacial score (nSPS) is 15.1. The largest absolute Gasteiger partial charge is 0.481 e. The van der Waals surface area contributed by atoms with E-state index in [9.17, 15) is 9.59 Å². The van der Waals surface area contributed by atoms with Crippen LogP contribution in [0.1, 0.15) is 19.3 Å². The summed E-state index contributed by atoms with van der Waals surface area (Å²) >= 11 is 0. The molecule has 1 rings (SSSR count). The fourth-order valence-corrected chi connectivity index (χ4v) is 0.997. The van der Waals surface area contributed by atoms with Gasteiger partial charge >= 0.3 is 5.97 Å². The third kappa shape index (κ3) is 5.53. The van der Waals surface area contributed by atoms with E-state index >= 15 is 0 Å². The fraction of sp³-hybridized carbons (Fsp3) is 0.778. The van der Waals surface area contributed by atoms with Gasteiger partial charge < -0.3 is 15.2 Å². The Morgan fingerprint density at radius 3 is 2.71 bits per heavy atom. The molecule has 0 spiro atoms. The molecule has 1 aliphatic carbocycles. The molecule has 0 aromatic rings. The second-order valence-corrected chi connectivity index (χ2v) is 3.44. The summed E-state index contributed by atoms with van der Waals surface area (Å²) < 4.78 is 5.25. The summed E-state index contributed by atoms with van der Waals surface area (Å²) in [7, 11) is 0. The van der Waals surface area contributed by atoms with Gasteiger partial charge in [-0.25, -0.2) is 0 Å². The third-order valence-corrected chi connectivity index (χ3v) is 1.93. The number of aliphatic carboxylic acids is 1. The first-order valence-electron chi connectivity index (χ1n) is 4.74. The number of nitrogens with one attached hydrogen (secondary N) is 1. The van der Waals surface area contributed by atoms with Crippen LogP contribution in [0.4, 0.5) is 0 Å². The van der Waals surface area contributed by atoms with Crippen LogP contribution < -0.4 is 5.32 Å². The summed E-state index contributed by atoms with van der Waals surface area (Å²) in [4.78, 5) is 20.9. The minimum absolute atomic E-state index is 0.388. The second-order valence-electron chi connectivity index (χ2n) is 3.44. The monoisotopic (exact) mass is 201 g/mol. The third-order valence-electron chi connectivity index (χ3n) is 1.93. The topological polar surface area (TPSA) is 75.6 Å². The number of rotatable bonds is 7. The van der Waals surface area contributed by atoms with E-state index in [1.807, 2.05) is 0 Å². The molecule has 0 aromatic heterocycles. The van der Waals surface area contributed by atoms with Crippen molar-refractivity contribution < 1.29 is 19.4 Å². The van der Waals surface area contributed by atoms with Crippen LogP contribution in [0.5, 0.6) is 0 Å². The van der Waals surface area contributed by atoms with Crippen LogP contribution in [-0.2, 0) is 14.3 Å². The van der Waals surface area contributed by atoms with Crippen LogP contribution in [-0.4, -0.2) is 36.7 Å². The quantitative estimate of drug-likeness (QED) is 0.449. The number of carbonyl (C=O) groups excluding carboxylic acids is 1. The molecule has 2 N–H and O–H groups in total. The Hall–Kier alpha value is -1.10. The summed E-state index contributed by atoms with van der Waals surface area (Å²) in [5.41, 5.74) is 0. The molecule has 1 saturated carbocycles. The smallest absolute Gasteiger partial charge is 0.312 e. The summed E-state index contributed by atoms with van der Waals surface area (Å²) in [6, 6.07) is 0. The Morgan fingerprint density at radius 1 is 1.43 bits per heavy atom. The Morgan fingerprint density at radius 2 is 2.14 bits per heavy atom. The molecule has 1 amide bonds. The summed E-state index contributed by atoms with van der Waals surface area (Å²) in [5, 5.41) is 10.7. The van der Waals surface area contributed by atoms with E-state index in [0.717, 1.165) is 6.61 Å². The maximum absolute atomic E-state index is 10.8.